The average Bonchev–Trinajstić information content (AvgIpc) is 3.31. The van der Waals surface area contributed by atoms with Crippen molar-refractivity contribution in [2.24, 2.45) is 9.98 Å². The zero-order valence-electron chi connectivity index (χ0n) is 43.9. The summed E-state index contributed by atoms with van der Waals surface area (Å²) < 4.78 is 0. The van der Waals surface area contributed by atoms with Gasteiger partial charge >= 0.3 is 0 Å². The van der Waals surface area contributed by atoms with E-state index in [0.29, 0.717) is 0 Å². The van der Waals surface area contributed by atoms with Gasteiger partial charge < -0.3 is 0 Å². The molecule has 0 bridgehead atoms. The average molecular weight is 940 g/mol. The molecule has 0 heterocycles. The molecule has 2 rings (SSSR count). The second-order valence-electron chi connectivity index (χ2n) is 20.2. The Balaban J connectivity index is 0.0000211. The SMILES string of the molecule is CCCCCCCCCCCCCCCCCCCCCCC(=Nc1cccc(CCCCCCCCCCC)c1)C(CCCC)=Nc1cccc(CCCCCCCCCCC)c1.[Ni]. The van der Waals surface area contributed by atoms with Gasteiger partial charge in [-0.3, -0.25) is 9.98 Å². The molecule has 0 aliphatic carbocycles. The molecule has 2 aromatic carbocycles. The van der Waals surface area contributed by atoms with E-state index < -0.39 is 0 Å². The monoisotopic (exact) mass is 939 g/mol. The zero-order chi connectivity index (χ0) is 45.6. The van der Waals surface area contributed by atoms with E-state index >= 15 is 0 Å². The zero-order valence-corrected chi connectivity index (χ0v) is 44.9. The van der Waals surface area contributed by atoms with Gasteiger partial charge in [0.15, 0.2) is 0 Å². The minimum absolute atomic E-state index is 0. The van der Waals surface area contributed by atoms with Crippen molar-refractivity contribution in [3.63, 3.8) is 0 Å². The molecule has 0 fully saturated rings. The van der Waals surface area contributed by atoms with Gasteiger partial charge in [0.05, 0.1) is 22.8 Å². The maximum atomic E-state index is 5.49. The third kappa shape index (κ3) is 36.9. The van der Waals surface area contributed by atoms with Crippen molar-refractivity contribution in [2.75, 3.05) is 0 Å². The van der Waals surface area contributed by atoms with E-state index in [0.717, 1.165) is 43.5 Å². The molecule has 0 aliphatic heterocycles. The van der Waals surface area contributed by atoms with Crippen LogP contribution < -0.4 is 0 Å². The standard InChI is InChI=1S/C62H108N2.Ni/c1-5-9-13-16-19-22-23-24-25-26-27-28-29-30-31-32-35-38-41-44-54-62(64-60-52-46-50-58(56-60)48-43-40-37-34-21-18-15-11-7-3)61(53-12-8-4)63-59-51-45-49-57(55-59)47-42-39-36-33-20-17-14-10-6-2;/h45-46,49-52,55-56H,5-44,47-48,53-54H2,1-4H3;. The van der Waals surface area contributed by atoms with Gasteiger partial charge in [-0.1, -0.05) is 283 Å². The Kier molecular flexibility index (Phi) is 44.6. The van der Waals surface area contributed by atoms with E-state index in [1.807, 2.05) is 0 Å². The summed E-state index contributed by atoms with van der Waals surface area (Å²) in [6.07, 6.45) is 59.9. The predicted molar refractivity (Wildman–Crippen MR) is 291 cm³/mol. The van der Waals surface area contributed by atoms with E-state index in [2.05, 4.69) is 76.2 Å². The predicted octanol–water partition coefficient (Wildman–Crippen LogP) is 22.1. The van der Waals surface area contributed by atoms with Gasteiger partial charge in [0.25, 0.3) is 0 Å². The molecule has 0 N–H and O–H groups in total. The Hall–Kier alpha value is -1.73. The maximum Gasteiger partial charge on any atom is 0.0636 e. The molecule has 2 nitrogen and oxygen atoms in total. The number of unbranched alkanes of at least 4 members (excludes halogenated alkanes) is 36. The molecule has 0 amide bonds. The molecule has 3 heteroatoms. The number of hydrogen-bond donors (Lipinski definition) is 0. The summed E-state index contributed by atoms with van der Waals surface area (Å²) in [6, 6.07) is 18.4. The number of aryl methyl sites for hydroxylation is 2. The number of nitrogens with zero attached hydrogens (tertiary/aromatic N) is 2. The first kappa shape index (κ1) is 61.3. The third-order valence-electron chi connectivity index (χ3n) is 13.9. The van der Waals surface area contributed by atoms with Crippen LogP contribution in [0.25, 0.3) is 0 Å². The quantitative estimate of drug-likeness (QED) is 0.0359. The van der Waals surface area contributed by atoms with E-state index in [1.54, 1.807) is 0 Å². The van der Waals surface area contributed by atoms with E-state index in [-0.39, 0.29) is 16.5 Å². The first-order chi connectivity index (χ1) is 31.7. The van der Waals surface area contributed by atoms with Crippen LogP contribution in [0.5, 0.6) is 0 Å². The second-order valence-corrected chi connectivity index (χ2v) is 20.2. The maximum absolute atomic E-state index is 5.49. The number of benzene rings is 2. The molecule has 0 unspecified atom stereocenters. The minimum atomic E-state index is 0. The van der Waals surface area contributed by atoms with Crippen LogP contribution in [0.3, 0.4) is 0 Å². The summed E-state index contributed by atoms with van der Waals surface area (Å²) in [5.74, 6) is 0. The van der Waals surface area contributed by atoms with Crippen LogP contribution in [0, 0.1) is 0 Å². The van der Waals surface area contributed by atoms with Crippen LogP contribution in [-0.2, 0) is 29.3 Å². The molecule has 2 aromatic rings. The van der Waals surface area contributed by atoms with Gasteiger partial charge in [-0.05, 0) is 86.8 Å². The largest absolute Gasteiger partial charge is 0.252 e. The molecule has 0 aromatic heterocycles. The normalized spacial score (nSPS) is 12.0. The fourth-order valence-electron chi connectivity index (χ4n) is 9.58. The Labute approximate surface area is 417 Å². The molecule has 0 saturated heterocycles. The first-order valence-electron chi connectivity index (χ1n) is 29.0. The minimum Gasteiger partial charge on any atom is -0.252 e. The number of rotatable bonds is 47. The molecule has 0 saturated carbocycles. The summed E-state index contributed by atoms with van der Waals surface area (Å²) in [6.45, 7) is 9.24. The van der Waals surface area contributed by atoms with E-state index in [4.69, 9.17) is 9.98 Å². The Morgan fingerprint density at radius 2 is 0.538 bits per heavy atom. The molecule has 0 aliphatic rings. The van der Waals surface area contributed by atoms with Crippen LogP contribution >= 0.6 is 0 Å². The Morgan fingerprint density at radius 1 is 0.292 bits per heavy atom. The van der Waals surface area contributed by atoms with Crippen molar-refractivity contribution in [1.82, 2.24) is 0 Å². The molecular weight excluding hydrogens is 831 g/mol. The van der Waals surface area contributed by atoms with Gasteiger partial charge in [-0.25, -0.2) is 0 Å². The van der Waals surface area contributed by atoms with Crippen molar-refractivity contribution in [1.29, 1.82) is 0 Å². The van der Waals surface area contributed by atoms with Crippen molar-refractivity contribution in [2.45, 2.75) is 310 Å². The van der Waals surface area contributed by atoms with Gasteiger partial charge in [0, 0.05) is 16.5 Å². The van der Waals surface area contributed by atoms with Crippen LogP contribution in [0.2, 0.25) is 0 Å². The van der Waals surface area contributed by atoms with Gasteiger partial charge in [0.1, 0.15) is 0 Å². The summed E-state index contributed by atoms with van der Waals surface area (Å²) in [7, 11) is 0. The van der Waals surface area contributed by atoms with E-state index in [1.165, 1.54) is 273 Å². The van der Waals surface area contributed by atoms with Gasteiger partial charge in [0.2, 0.25) is 0 Å². The molecule has 0 atom stereocenters. The topological polar surface area (TPSA) is 24.7 Å². The fraction of sp³-hybridized carbons (Fsp3) is 0.774. The summed E-state index contributed by atoms with van der Waals surface area (Å²) in [4.78, 5) is 11.0. The second kappa shape index (κ2) is 47.3. The van der Waals surface area contributed by atoms with Crippen molar-refractivity contribution in [3.05, 3.63) is 59.7 Å². The molecule has 376 valence electrons. The van der Waals surface area contributed by atoms with Crippen LogP contribution in [0.1, 0.15) is 308 Å². The fourth-order valence-corrected chi connectivity index (χ4v) is 9.58. The van der Waals surface area contributed by atoms with Crippen molar-refractivity contribution in [3.8, 4) is 0 Å². The molecule has 65 heavy (non-hydrogen) atoms. The summed E-state index contributed by atoms with van der Waals surface area (Å²) in [5.41, 5.74) is 7.59. The third-order valence-corrected chi connectivity index (χ3v) is 13.9. The summed E-state index contributed by atoms with van der Waals surface area (Å²) >= 11 is 0. The van der Waals surface area contributed by atoms with E-state index in [9.17, 15) is 0 Å². The van der Waals surface area contributed by atoms with Crippen LogP contribution in [0.4, 0.5) is 11.4 Å². The molecular formula is C62H108N2Ni. The van der Waals surface area contributed by atoms with Crippen LogP contribution in [-0.4, -0.2) is 11.4 Å². The smallest absolute Gasteiger partial charge is 0.0636 e. The number of hydrogen-bond acceptors (Lipinski definition) is 2. The summed E-state index contributed by atoms with van der Waals surface area (Å²) in [5, 5.41) is 0. The van der Waals surface area contributed by atoms with Gasteiger partial charge in [-0.2, -0.15) is 0 Å². The number of aliphatic imine (C=N–C) groups is 2. The molecule has 0 spiro atoms. The van der Waals surface area contributed by atoms with Crippen molar-refractivity contribution < 1.29 is 16.5 Å². The Bertz CT molecular complexity index is 1360. The van der Waals surface area contributed by atoms with Gasteiger partial charge in [-0.15, -0.1) is 0 Å². The molecule has 0 radical (unpaired) electrons. The van der Waals surface area contributed by atoms with Crippen LogP contribution in [0.15, 0.2) is 58.5 Å². The van der Waals surface area contributed by atoms with Crippen molar-refractivity contribution >= 4 is 22.8 Å². The first-order valence-corrected chi connectivity index (χ1v) is 29.0. The Morgan fingerprint density at radius 3 is 0.831 bits per heavy atom.